The molecule has 8 heteroatoms. The number of aryl methyl sites for hydroxylation is 1. The van der Waals surface area contributed by atoms with Crippen LogP contribution in [0.15, 0.2) is 47.4 Å². The fourth-order valence-corrected chi connectivity index (χ4v) is 4.12. The van der Waals surface area contributed by atoms with Crippen LogP contribution >= 0.6 is 0 Å². The Labute approximate surface area is 173 Å². The van der Waals surface area contributed by atoms with Gasteiger partial charge in [-0.1, -0.05) is 18.2 Å². The van der Waals surface area contributed by atoms with Crippen LogP contribution in [0, 0.1) is 0 Å². The van der Waals surface area contributed by atoms with E-state index < -0.39 is 0 Å². The highest BCUT2D eigenvalue weighted by molar-refractivity contribution is 5.92. The maximum atomic E-state index is 12.9. The van der Waals surface area contributed by atoms with Crippen molar-refractivity contribution in [3.63, 3.8) is 0 Å². The predicted molar refractivity (Wildman–Crippen MR) is 113 cm³/mol. The highest BCUT2D eigenvalue weighted by Gasteiger charge is 2.36. The molecule has 0 saturated carbocycles. The van der Waals surface area contributed by atoms with Crippen LogP contribution in [0.4, 0.5) is 0 Å². The number of rotatable bonds is 4. The molecule has 3 heterocycles. The average Bonchev–Trinajstić information content (AvgIpc) is 3.17. The van der Waals surface area contributed by atoms with Crippen molar-refractivity contribution >= 4 is 22.7 Å². The van der Waals surface area contributed by atoms with E-state index in [-0.39, 0.29) is 35.2 Å². The molecule has 1 aromatic carbocycles. The van der Waals surface area contributed by atoms with E-state index in [9.17, 15) is 14.4 Å². The number of amides is 2. The molecule has 0 spiro atoms. The average molecular weight is 407 g/mol. The van der Waals surface area contributed by atoms with Gasteiger partial charge in [0.2, 0.25) is 5.91 Å². The second-order valence-corrected chi connectivity index (χ2v) is 7.73. The Morgan fingerprint density at radius 1 is 1.07 bits per heavy atom. The van der Waals surface area contributed by atoms with Gasteiger partial charge in [-0.2, -0.15) is 5.10 Å². The molecule has 1 aliphatic heterocycles. The van der Waals surface area contributed by atoms with Gasteiger partial charge in [-0.15, -0.1) is 0 Å². The number of H-pyrrole nitrogens is 2. The van der Waals surface area contributed by atoms with Gasteiger partial charge in [0.05, 0.1) is 0 Å². The summed E-state index contributed by atoms with van der Waals surface area (Å²) in [5.74, 6) is -0.148. The summed E-state index contributed by atoms with van der Waals surface area (Å²) in [4.78, 5) is 43.7. The molecular formula is C22H25N5O3. The molecule has 1 aliphatic rings. The molecule has 8 nitrogen and oxygen atoms in total. The number of benzene rings is 1. The van der Waals surface area contributed by atoms with Crippen molar-refractivity contribution < 1.29 is 9.59 Å². The molecule has 4 rings (SSSR count). The largest absolute Gasteiger partial charge is 0.361 e. The molecule has 156 valence electrons. The minimum absolute atomic E-state index is 0.0916. The van der Waals surface area contributed by atoms with Crippen LogP contribution in [-0.2, 0) is 11.2 Å². The van der Waals surface area contributed by atoms with Crippen molar-refractivity contribution in [3.05, 3.63) is 64.2 Å². The van der Waals surface area contributed by atoms with Crippen molar-refractivity contribution in [2.75, 3.05) is 13.1 Å². The van der Waals surface area contributed by atoms with Gasteiger partial charge in [-0.05, 0) is 38.0 Å². The lowest BCUT2D eigenvalue weighted by atomic mass is 10.0. The molecule has 2 amide bonds. The number of hydrogen-bond acceptors (Lipinski definition) is 4. The molecule has 1 fully saturated rings. The van der Waals surface area contributed by atoms with Crippen LogP contribution in [0.1, 0.15) is 36.3 Å². The van der Waals surface area contributed by atoms with Gasteiger partial charge in [-0.3, -0.25) is 14.4 Å². The molecule has 0 aliphatic carbocycles. The summed E-state index contributed by atoms with van der Waals surface area (Å²) in [7, 11) is 0. The van der Waals surface area contributed by atoms with Crippen LogP contribution in [0.25, 0.3) is 10.9 Å². The highest BCUT2D eigenvalue weighted by atomic mass is 16.2. The predicted octanol–water partition coefficient (Wildman–Crippen LogP) is 1.95. The Bertz CT molecular complexity index is 1110. The van der Waals surface area contributed by atoms with Crippen molar-refractivity contribution in [3.8, 4) is 0 Å². The summed E-state index contributed by atoms with van der Waals surface area (Å²) < 4.78 is 0. The van der Waals surface area contributed by atoms with E-state index in [2.05, 4.69) is 21.2 Å². The number of carbonyl (C=O) groups is 2. The quantitative estimate of drug-likeness (QED) is 0.690. The molecule has 0 radical (unpaired) electrons. The van der Waals surface area contributed by atoms with Crippen molar-refractivity contribution in [1.82, 2.24) is 25.0 Å². The topological polar surface area (TPSA) is 102 Å². The molecule has 2 atom stereocenters. The van der Waals surface area contributed by atoms with Crippen LogP contribution < -0.4 is 5.56 Å². The number of fused-ring (bicyclic) bond motifs is 1. The Balaban J connectivity index is 1.40. The highest BCUT2D eigenvalue weighted by Crippen LogP contribution is 2.22. The third kappa shape index (κ3) is 3.72. The Morgan fingerprint density at radius 2 is 1.80 bits per heavy atom. The first-order valence-electron chi connectivity index (χ1n) is 10.2. The molecular weight excluding hydrogens is 382 g/mol. The summed E-state index contributed by atoms with van der Waals surface area (Å²) in [6.07, 6.45) is 3.07. The van der Waals surface area contributed by atoms with Crippen LogP contribution in [-0.4, -0.2) is 62.0 Å². The van der Waals surface area contributed by atoms with E-state index in [1.807, 2.05) is 43.1 Å². The van der Waals surface area contributed by atoms with Crippen LogP contribution in [0.5, 0.6) is 0 Å². The number of aromatic nitrogens is 3. The van der Waals surface area contributed by atoms with Gasteiger partial charge in [0.1, 0.15) is 5.69 Å². The van der Waals surface area contributed by atoms with E-state index in [1.165, 1.54) is 12.1 Å². The zero-order valence-electron chi connectivity index (χ0n) is 17.1. The first kappa shape index (κ1) is 19.9. The standard InChI is InChI=1S/C22H25N5O3/c1-14-15(2)27(22(30)19-8-9-20(28)25-24-19)12-11-26(14)21(29)10-7-16-13-23-18-6-4-3-5-17(16)18/h3-6,8-9,13-15,23H,7,10-12H2,1-2H3,(H,25,28)/t14-,15+/m1/s1. The number of carbonyl (C=O) groups excluding carboxylic acids is 2. The number of hydrogen-bond donors (Lipinski definition) is 2. The molecule has 2 N–H and O–H groups in total. The van der Waals surface area contributed by atoms with Crippen molar-refractivity contribution in [2.45, 2.75) is 38.8 Å². The van der Waals surface area contributed by atoms with Gasteiger partial charge >= 0.3 is 0 Å². The van der Waals surface area contributed by atoms with Crippen LogP contribution in [0.2, 0.25) is 0 Å². The van der Waals surface area contributed by atoms with Crippen molar-refractivity contribution in [1.29, 1.82) is 0 Å². The van der Waals surface area contributed by atoms with E-state index in [4.69, 9.17) is 0 Å². The third-order valence-electron chi connectivity index (χ3n) is 6.03. The Morgan fingerprint density at radius 3 is 2.57 bits per heavy atom. The summed E-state index contributed by atoms with van der Waals surface area (Å²) in [6, 6.07) is 10.5. The lowest BCUT2D eigenvalue weighted by molar-refractivity contribution is -0.136. The number of para-hydroxylation sites is 1. The Hall–Kier alpha value is -3.42. The maximum Gasteiger partial charge on any atom is 0.274 e. The monoisotopic (exact) mass is 407 g/mol. The molecule has 1 saturated heterocycles. The number of aromatic amines is 2. The number of nitrogens with one attached hydrogen (secondary N) is 2. The molecule has 3 aromatic rings. The lowest BCUT2D eigenvalue weighted by Crippen LogP contribution is -2.60. The van der Waals surface area contributed by atoms with Crippen LogP contribution in [0.3, 0.4) is 0 Å². The number of nitrogens with zero attached hydrogens (tertiary/aromatic N) is 3. The minimum Gasteiger partial charge on any atom is -0.361 e. The molecule has 0 bridgehead atoms. The maximum absolute atomic E-state index is 12.9. The zero-order valence-corrected chi connectivity index (χ0v) is 17.1. The van der Waals surface area contributed by atoms with E-state index in [0.29, 0.717) is 25.9 Å². The summed E-state index contributed by atoms with van der Waals surface area (Å²) in [5.41, 5.74) is 2.06. The summed E-state index contributed by atoms with van der Waals surface area (Å²) >= 11 is 0. The fraction of sp³-hybridized carbons (Fsp3) is 0.364. The smallest absolute Gasteiger partial charge is 0.274 e. The van der Waals surface area contributed by atoms with E-state index in [0.717, 1.165) is 16.5 Å². The minimum atomic E-state index is -0.349. The number of piperazine rings is 1. The zero-order chi connectivity index (χ0) is 21.3. The van der Waals surface area contributed by atoms with Crippen molar-refractivity contribution in [2.24, 2.45) is 0 Å². The second kappa shape index (κ2) is 8.14. The van der Waals surface area contributed by atoms with E-state index in [1.54, 1.807) is 4.90 Å². The third-order valence-corrected chi connectivity index (χ3v) is 6.03. The lowest BCUT2D eigenvalue weighted by Gasteiger charge is -2.45. The first-order chi connectivity index (χ1) is 14.5. The van der Waals surface area contributed by atoms with Gasteiger partial charge in [-0.25, -0.2) is 5.10 Å². The molecule has 30 heavy (non-hydrogen) atoms. The Kier molecular flexibility index (Phi) is 5.39. The van der Waals surface area contributed by atoms with Gasteiger partial charge < -0.3 is 14.8 Å². The molecule has 0 unspecified atom stereocenters. The SMILES string of the molecule is C[C@@H]1[C@H](C)N(C(=O)c2ccc(=O)[nH]n2)CCN1C(=O)CCc1c[nH]c2ccccc12. The van der Waals surface area contributed by atoms with Gasteiger partial charge in [0, 0.05) is 54.8 Å². The van der Waals surface area contributed by atoms with Gasteiger partial charge in [0.15, 0.2) is 0 Å². The normalized spacial score (nSPS) is 19.3. The summed E-state index contributed by atoms with van der Waals surface area (Å²) in [5, 5.41) is 7.28. The first-order valence-corrected chi connectivity index (χ1v) is 10.2. The van der Waals surface area contributed by atoms with Gasteiger partial charge in [0.25, 0.3) is 11.5 Å². The summed E-state index contributed by atoms with van der Waals surface area (Å²) in [6.45, 7) is 4.82. The molecule has 2 aromatic heterocycles. The second-order valence-electron chi connectivity index (χ2n) is 7.73. The van der Waals surface area contributed by atoms with E-state index >= 15 is 0 Å². The fourth-order valence-electron chi connectivity index (χ4n) is 4.12.